The molecular weight excluding hydrogens is 198 g/mol. The van der Waals surface area contributed by atoms with E-state index in [1.807, 2.05) is 18.0 Å². The van der Waals surface area contributed by atoms with Gasteiger partial charge in [0.1, 0.15) is 0 Å². The summed E-state index contributed by atoms with van der Waals surface area (Å²) in [4.78, 5) is 12.2. The first kappa shape index (κ1) is 11.7. The van der Waals surface area contributed by atoms with Crippen LogP contribution in [0.15, 0.2) is 23.0 Å². The van der Waals surface area contributed by atoms with Crippen LogP contribution in [0.3, 0.4) is 0 Å². The highest BCUT2D eigenvalue weighted by molar-refractivity contribution is 5.67. The van der Waals surface area contributed by atoms with Crippen molar-refractivity contribution in [2.24, 2.45) is 0 Å². The molecule has 1 aromatic rings. The van der Waals surface area contributed by atoms with Crippen LogP contribution in [0.25, 0.3) is 0 Å². The predicted molar refractivity (Wildman–Crippen MR) is 53.3 cm³/mol. The van der Waals surface area contributed by atoms with Gasteiger partial charge in [-0.15, -0.1) is 0 Å². The van der Waals surface area contributed by atoms with E-state index >= 15 is 0 Å². The third kappa shape index (κ3) is 4.62. The van der Waals surface area contributed by atoms with Crippen molar-refractivity contribution in [1.29, 1.82) is 0 Å². The molecule has 2 N–H and O–H groups in total. The van der Waals surface area contributed by atoms with Gasteiger partial charge < -0.3 is 14.6 Å². The lowest BCUT2D eigenvalue weighted by Crippen LogP contribution is -2.30. The van der Waals surface area contributed by atoms with Crippen molar-refractivity contribution in [3.05, 3.63) is 24.2 Å². The molecule has 84 valence electrons. The number of nitrogens with zero attached hydrogens (tertiary/aromatic N) is 1. The number of likely N-dealkylation sites (N-methyl/N-ethyl adjacent to an activating group) is 1. The number of aliphatic hydroxyl groups is 1. The fraction of sp³-hybridized carbons (Fsp3) is 0.500. The number of aliphatic carboxylic acids is 1. The third-order valence-corrected chi connectivity index (χ3v) is 1.97. The number of aliphatic hydroxyl groups excluding tert-OH is 1. The van der Waals surface area contributed by atoms with Crippen LogP contribution in [0.5, 0.6) is 0 Å². The first-order chi connectivity index (χ1) is 7.08. The molecule has 1 rings (SSSR count). The smallest absolute Gasteiger partial charge is 0.306 e. The van der Waals surface area contributed by atoms with Gasteiger partial charge in [-0.3, -0.25) is 9.69 Å². The van der Waals surface area contributed by atoms with E-state index in [1.54, 1.807) is 12.5 Å². The van der Waals surface area contributed by atoms with Crippen LogP contribution in [0.4, 0.5) is 0 Å². The lowest BCUT2D eigenvalue weighted by atomic mass is 10.2. The normalized spacial score (nSPS) is 13.0. The average molecular weight is 213 g/mol. The number of hydrogen-bond donors (Lipinski definition) is 2. The second-order valence-electron chi connectivity index (χ2n) is 3.58. The van der Waals surface area contributed by atoms with Crippen LogP contribution in [-0.4, -0.2) is 40.8 Å². The molecule has 0 radical (unpaired) electrons. The largest absolute Gasteiger partial charge is 0.481 e. The quantitative estimate of drug-likeness (QED) is 0.721. The lowest BCUT2D eigenvalue weighted by Gasteiger charge is -2.18. The Labute approximate surface area is 87.9 Å². The monoisotopic (exact) mass is 213 g/mol. The Morgan fingerprint density at radius 3 is 2.93 bits per heavy atom. The SMILES string of the molecule is CN(Cc1ccoc1)CC(O)CC(=O)O. The van der Waals surface area contributed by atoms with Crippen molar-refractivity contribution in [2.75, 3.05) is 13.6 Å². The highest BCUT2D eigenvalue weighted by Crippen LogP contribution is 2.05. The van der Waals surface area contributed by atoms with Gasteiger partial charge in [0, 0.05) is 18.7 Å². The summed E-state index contributed by atoms with van der Waals surface area (Å²) >= 11 is 0. The molecule has 0 aliphatic heterocycles. The molecule has 0 aliphatic rings. The molecule has 0 fully saturated rings. The van der Waals surface area contributed by atoms with Crippen LogP contribution in [-0.2, 0) is 11.3 Å². The average Bonchev–Trinajstić information content (AvgIpc) is 2.53. The molecule has 5 nitrogen and oxygen atoms in total. The Morgan fingerprint density at radius 2 is 2.40 bits per heavy atom. The van der Waals surface area contributed by atoms with Crippen molar-refractivity contribution >= 4 is 5.97 Å². The minimum Gasteiger partial charge on any atom is -0.481 e. The number of rotatable bonds is 6. The molecular formula is C10H15NO4. The van der Waals surface area contributed by atoms with Crippen molar-refractivity contribution < 1.29 is 19.4 Å². The highest BCUT2D eigenvalue weighted by atomic mass is 16.4. The van der Waals surface area contributed by atoms with Gasteiger partial charge in [-0.05, 0) is 13.1 Å². The highest BCUT2D eigenvalue weighted by Gasteiger charge is 2.12. The summed E-state index contributed by atoms with van der Waals surface area (Å²) < 4.78 is 4.90. The van der Waals surface area contributed by atoms with Crippen LogP contribution in [0, 0.1) is 0 Å². The van der Waals surface area contributed by atoms with Crippen molar-refractivity contribution in [2.45, 2.75) is 19.1 Å². The zero-order valence-corrected chi connectivity index (χ0v) is 8.59. The zero-order valence-electron chi connectivity index (χ0n) is 8.59. The van der Waals surface area contributed by atoms with Crippen molar-refractivity contribution in [3.63, 3.8) is 0 Å². The minimum atomic E-state index is -0.987. The van der Waals surface area contributed by atoms with Crippen LogP contribution < -0.4 is 0 Å². The van der Waals surface area contributed by atoms with Gasteiger partial charge in [0.05, 0.1) is 25.1 Å². The zero-order chi connectivity index (χ0) is 11.3. The molecule has 1 aromatic heterocycles. The van der Waals surface area contributed by atoms with Crippen molar-refractivity contribution in [1.82, 2.24) is 4.90 Å². The number of hydrogen-bond acceptors (Lipinski definition) is 4. The molecule has 1 atom stereocenters. The standard InChI is InChI=1S/C10H15NO4/c1-11(5-8-2-3-15-7-8)6-9(12)4-10(13)14/h2-3,7,9,12H,4-6H2,1H3,(H,13,14). The van der Waals surface area contributed by atoms with E-state index < -0.39 is 12.1 Å². The van der Waals surface area contributed by atoms with E-state index in [9.17, 15) is 9.90 Å². The molecule has 1 heterocycles. The van der Waals surface area contributed by atoms with E-state index in [1.165, 1.54) is 0 Å². The van der Waals surface area contributed by atoms with E-state index in [-0.39, 0.29) is 6.42 Å². The minimum absolute atomic E-state index is 0.226. The van der Waals surface area contributed by atoms with E-state index in [0.29, 0.717) is 13.1 Å². The summed E-state index contributed by atoms with van der Waals surface area (Å²) in [5.74, 6) is -0.987. The van der Waals surface area contributed by atoms with Crippen LogP contribution in [0.1, 0.15) is 12.0 Å². The molecule has 0 saturated heterocycles. The molecule has 0 spiro atoms. The van der Waals surface area contributed by atoms with E-state index in [4.69, 9.17) is 9.52 Å². The van der Waals surface area contributed by atoms with Gasteiger partial charge in [-0.2, -0.15) is 0 Å². The molecule has 1 unspecified atom stereocenters. The molecule has 0 aromatic carbocycles. The second-order valence-corrected chi connectivity index (χ2v) is 3.58. The summed E-state index contributed by atoms with van der Waals surface area (Å²) in [5.41, 5.74) is 1.00. The van der Waals surface area contributed by atoms with Gasteiger partial charge in [0.15, 0.2) is 0 Å². The Morgan fingerprint density at radius 1 is 1.67 bits per heavy atom. The summed E-state index contributed by atoms with van der Waals surface area (Å²) in [6.07, 6.45) is 2.14. The van der Waals surface area contributed by atoms with Gasteiger partial charge in [0.2, 0.25) is 0 Å². The summed E-state index contributed by atoms with van der Waals surface area (Å²) in [7, 11) is 1.82. The number of carboxylic acid groups (broad SMARTS) is 1. The van der Waals surface area contributed by atoms with Gasteiger partial charge >= 0.3 is 5.97 Å². The van der Waals surface area contributed by atoms with Crippen LogP contribution >= 0.6 is 0 Å². The van der Waals surface area contributed by atoms with Gasteiger partial charge in [0.25, 0.3) is 0 Å². The first-order valence-electron chi connectivity index (χ1n) is 4.67. The van der Waals surface area contributed by atoms with E-state index in [0.717, 1.165) is 5.56 Å². The Hall–Kier alpha value is -1.33. The fourth-order valence-electron chi connectivity index (χ4n) is 1.38. The molecule has 0 amide bonds. The molecule has 15 heavy (non-hydrogen) atoms. The topological polar surface area (TPSA) is 73.9 Å². The lowest BCUT2D eigenvalue weighted by molar-refractivity contribution is -0.139. The summed E-state index contributed by atoms with van der Waals surface area (Å²) in [6.45, 7) is 0.963. The maximum Gasteiger partial charge on any atom is 0.306 e. The number of carbonyl (C=O) groups is 1. The summed E-state index contributed by atoms with van der Waals surface area (Å²) in [5, 5.41) is 17.8. The molecule has 0 aliphatic carbocycles. The van der Waals surface area contributed by atoms with Crippen LogP contribution in [0.2, 0.25) is 0 Å². The Kier molecular flexibility index (Phi) is 4.33. The Bertz CT molecular complexity index is 296. The first-order valence-corrected chi connectivity index (χ1v) is 4.67. The fourth-order valence-corrected chi connectivity index (χ4v) is 1.38. The number of carboxylic acids is 1. The summed E-state index contributed by atoms with van der Waals surface area (Å²) in [6, 6.07) is 1.83. The molecule has 0 bridgehead atoms. The third-order valence-electron chi connectivity index (χ3n) is 1.97. The second kappa shape index (κ2) is 5.53. The van der Waals surface area contributed by atoms with E-state index in [2.05, 4.69) is 0 Å². The maximum absolute atomic E-state index is 10.3. The maximum atomic E-state index is 10.3. The Balaban J connectivity index is 2.29. The predicted octanol–water partition coefficient (Wildman–Crippen LogP) is 0.547. The van der Waals surface area contributed by atoms with Crippen molar-refractivity contribution in [3.8, 4) is 0 Å². The van der Waals surface area contributed by atoms with Gasteiger partial charge in [-0.1, -0.05) is 0 Å². The molecule has 0 saturated carbocycles. The molecule has 5 heteroatoms. The number of furan rings is 1. The van der Waals surface area contributed by atoms with Gasteiger partial charge in [-0.25, -0.2) is 0 Å².